The maximum absolute atomic E-state index is 12.4. The standard InChI is InChI=1S/C16H18ClN3O3/c17-10-3-4-13-12(6-10)16(23)20(9-19-13)8-11(21)7-14-15(22)2-1-5-18-14/h3-4,6,9,14-15,18,22H,1-2,5,7-8H2. The number of aliphatic hydroxyl groups excluding tert-OH is 1. The van der Waals surface area contributed by atoms with Gasteiger partial charge in [-0.05, 0) is 37.6 Å². The number of nitrogens with one attached hydrogen (secondary N) is 1. The number of aliphatic hydroxyl groups is 1. The van der Waals surface area contributed by atoms with Gasteiger partial charge in [-0.1, -0.05) is 11.6 Å². The van der Waals surface area contributed by atoms with Gasteiger partial charge < -0.3 is 10.4 Å². The van der Waals surface area contributed by atoms with E-state index in [9.17, 15) is 14.7 Å². The number of hydrogen-bond donors (Lipinski definition) is 2. The normalized spacial score (nSPS) is 21.5. The zero-order valence-electron chi connectivity index (χ0n) is 12.5. The molecule has 2 heterocycles. The van der Waals surface area contributed by atoms with Gasteiger partial charge in [-0.3, -0.25) is 14.2 Å². The number of piperidine rings is 1. The molecule has 6 nitrogen and oxygen atoms in total. The number of nitrogens with zero attached hydrogens (tertiary/aromatic N) is 2. The number of Topliss-reactive ketones (excluding diaryl/α,β-unsaturated/α-hetero) is 1. The summed E-state index contributed by atoms with van der Waals surface area (Å²) in [7, 11) is 0. The van der Waals surface area contributed by atoms with Crippen molar-refractivity contribution in [1.82, 2.24) is 14.9 Å². The molecule has 1 fully saturated rings. The second kappa shape index (κ2) is 6.78. The third kappa shape index (κ3) is 3.60. The number of aromatic nitrogens is 2. The average Bonchev–Trinajstić information content (AvgIpc) is 2.53. The summed E-state index contributed by atoms with van der Waals surface area (Å²) in [5, 5.41) is 13.9. The molecule has 0 bridgehead atoms. The van der Waals surface area contributed by atoms with Crippen LogP contribution in [0.4, 0.5) is 0 Å². The molecule has 23 heavy (non-hydrogen) atoms. The van der Waals surface area contributed by atoms with Crippen LogP contribution in [0.1, 0.15) is 19.3 Å². The molecule has 2 atom stereocenters. The Morgan fingerprint density at radius 2 is 2.30 bits per heavy atom. The van der Waals surface area contributed by atoms with Gasteiger partial charge in [-0.15, -0.1) is 0 Å². The Bertz CT molecular complexity index is 790. The molecular weight excluding hydrogens is 318 g/mol. The van der Waals surface area contributed by atoms with Crippen molar-refractivity contribution in [2.24, 2.45) is 0 Å². The Hall–Kier alpha value is -1.76. The molecule has 2 unspecified atom stereocenters. The minimum atomic E-state index is -0.516. The van der Waals surface area contributed by atoms with E-state index in [1.54, 1.807) is 18.2 Å². The lowest BCUT2D eigenvalue weighted by Crippen LogP contribution is -2.46. The minimum Gasteiger partial charge on any atom is -0.391 e. The number of benzene rings is 1. The van der Waals surface area contributed by atoms with E-state index in [0.717, 1.165) is 13.0 Å². The van der Waals surface area contributed by atoms with Crippen LogP contribution >= 0.6 is 11.6 Å². The SMILES string of the molecule is O=C(CC1NCCCC1O)Cn1cnc2ccc(Cl)cc2c1=O. The van der Waals surface area contributed by atoms with Crippen LogP contribution in [0.3, 0.4) is 0 Å². The topological polar surface area (TPSA) is 84.2 Å². The first kappa shape index (κ1) is 16.1. The molecule has 7 heteroatoms. The number of rotatable bonds is 4. The average molecular weight is 336 g/mol. The van der Waals surface area contributed by atoms with Gasteiger partial charge in [0.15, 0.2) is 5.78 Å². The smallest absolute Gasteiger partial charge is 0.261 e. The maximum Gasteiger partial charge on any atom is 0.261 e. The predicted octanol–water partition coefficient (Wildman–Crippen LogP) is 1.12. The summed E-state index contributed by atoms with van der Waals surface area (Å²) in [5.41, 5.74) is 0.260. The molecule has 1 aromatic heterocycles. The predicted molar refractivity (Wildman–Crippen MR) is 87.7 cm³/mol. The van der Waals surface area contributed by atoms with Gasteiger partial charge in [-0.2, -0.15) is 0 Å². The van der Waals surface area contributed by atoms with Crippen molar-refractivity contribution in [3.05, 3.63) is 39.9 Å². The number of hydrogen-bond acceptors (Lipinski definition) is 5. The molecule has 1 aliphatic heterocycles. The fourth-order valence-electron chi connectivity index (χ4n) is 2.89. The van der Waals surface area contributed by atoms with Crippen LogP contribution in [-0.4, -0.2) is 39.1 Å². The van der Waals surface area contributed by atoms with Gasteiger partial charge in [0.25, 0.3) is 5.56 Å². The second-order valence-electron chi connectivity index (χ2n) is 5.85. The van der Waals surface area contributed by atoms with E-state index in [-0.39, 0.29) is 30.3 Å². The van der Waals surface area contributed by atoms with E-state index in [4.69, 9.17) is 11.6 Å². The van der Waals surface area contributed by atoms with Gasteiger partial charge >= 0.3 is 0 Å². The number of ketones is 1. The highest BCUT2D eigenvalue weighted by Gasteiger charge is 2.25. The van der Waals surface area contributed by atoms with E-state index in [1.165, 1.54) is 10.9 Å². The van der Waals surface area contributed by atoms with Gasteiger partial charge in [0, 0.05) is 17.5 Å². The highest BCUT2D eigenvalue weighted by atomic mass is 35.5. The van der Waals surface area contributed by atoms with Crippen molar-refractivity contribution in [2.45, 2.75) is 38.0 Å². The third-order valence-corrected chi connectivity index (χ3v) is 4.36. The lowest BCUT2D eigenvalue weighted by atomic mass is 9.97. The Kier molecular flexibility index (Phi) is 4.75. The van der Waals surface area contributed by atoms with Crippen molar-refractivity contribution in [2.75, 3.05) is 6.54 Å². The van der Waals surface area contributed by atoms with Crippen LogP contribution in [0.5, 0.6) is 0 Å². The molecule has 2 N–H and O–H groups in total. The Morgan fingerprint density at radius 3 is 3.09 bits per heavy atom. The molecule has 0 spiro atoms. The first-order chi connectivity index (χ1) is 11.0. The summed E-state index contributed by atoms with van der Waals surface area (Å²) >= 11 is 5.91. The Balaban J connectivity index is 1.77. The van der Waals surface area contributed by atoms with Gasteiger partial charge in [0.1, 0.15) is 0 Å². The highest BCUT2D eigenvalue weighted by Crippen LogP contribution is 2.15. The summed E-state index contributed by atoms with van der Waals surface area (Å²) in [5.74, 6) is -0.117. The van der Waals surface area contributed by atoms with Crippen molar-refractivity contribution >= 4 is 28.3 Å². The summed E-state index contributed by atoms with van der Waals surface area (Å²) in [6, 6.07) is 4.66. The summed E-state index contributed by atoms with van der Waals surface area (Å²) in [6.07, 6.45) is 2.65. The fourth-order valence-corrected chi connectivity index (χ4v) is 3.06. The van der Waals surface area contributed by atoms with Crippen LogP contribution in [0.25, 0.3) is 10.9 Å². The molecule has 1 saturated heterocycles. The van der Waals surface area contributed by atoms with Crippen molar-refractivity contribution in [1.29, 1.82) is 0 Å². The van der Waals surface area contributed by atoms with Gasteiger partial charge in [-0.25, -0.2) is 4.98 Å². The van der Waals surface area contributed by atoms with Gasteiger partial charge in [0.05, 0.1) is 29.9 Å². The van der Waals surface area contributed by atoms with E-state index in [1.807, 2.05) is 0 Å². The zero-order chi connectivity index (χ0) is 16.4. The van der Waals surface area contributed by atoms with Crippen molar-refractivity contribution < 1.29 is 9.90 Å². The molecule has 3 rings (SSSR count). The number of carbonyl (C=O) groups excluding carboxylic acids is 1. The maximum atomic E-state index is 12.4. The fraction of sp³-hybridized carbons (Fsp3) is 0.438. The molecule has 0 radical (unpaired) electrons. The summed E-state index contributed by atoms with van der Waals surface area (Å²) in [4.78, 5) is 28.8. The molecule has 1 aliphatic rings. The lowest BCUT2D eigenvalue weighted by Gasteiger charge is -2.28. The van der Waals surface area contributed by atoms with E-state index < -0.39 is 6.10 Å². The highest BCUT2D eigenvalue weighted by molar-refractivity contribution is 6.31. The third-order valence-electron chi connectivity index (χ3n) is 4.13. The van der Waals surface area contributed by atoms with Crippen LogP contribution in [-0.2, 0) is 11.3 Å². The van der Waals surface area contributed by atoms with Gasteiger partial charge in [0.2, 0.25) is 0 Å². The monoisotopic (exact) mass is 335 g/mol. The molecule has 2 aromatic rings. The number of halogens is 1. The molecule has 0 saturated carbocycles. The quantitative estimate of drug-likeness (QED) is 0.874. The molecule has 0 aliphatic carbocycles. The second-order valence-corrected chi connectivity index (χ2v) is 6.29. The minimum absolute atomic E-state index is 0.0564. The van der Waals surface area contributed by atoms with Crippen molar-refractivity contribution in [3.8, 4) is 0 Å². The number of carbonyl (C=O) groups is 1. The van der Waals surface area contributed by atoms with Crippen LogP contribution in [0, 0.1) is 0 Å². The summed E-state index contributed by atoms with van der Waals surface area (Å²) in [6.45, 7) is 0.740. The number of fused-ring (bicyclic) bond motifs is 1. The molecule has 1 aromatic carbocycles. The Morgan fingerprint density at radius 1 is 1.48 bits per heavy atom. The van der Waals surface area contributed by atoms with Crippen LogP contribution in [0.2, 0.25) is 5.02 Å². The van der Waals surface area contributed by atoms with E-state index in [2.05, 4.69) is 10.3 Å². The molecule has 0 amide bonds. The lowest BCUT2D eigenvalue weighted by molar-refractivity contribution is -0.121. The largest absolute Gasteiger partial charge is 0.391 e. The Labute approximate surface area is 138 Å². The first-order valence-electron chi connectivity index (χ1n) is 7.62. The first-order valence-corrected chi connectivity index (χ1v) is 8.00. The van der Waals surface area contributed by atoms with Crippen LogP contribution in [0.15, 0.2) is 29.3 Å². The zero-order valence-corrected chi connectivity index (χ0v) is 13.3. The van der Waals surface area contributed by atoms with E-state index in [0.29, 0.717) is 22.3 Å². The van der Waals surface area contributed by atoms with E-state index >= 15 is 0 Å². The molecular formula is C16H18ClN3O3. The molecule has 122 valence electrons. The van der Waals surface area contributed by atoms with Crippen LogP contribution < -0.4 is 10.9 Å². The van der Waals surface area contributed by atoms with Crippen molar-refractivity contribution in [3.63, 3.8) is 0 Å². The summed E-state index contributed by atoms with van der Waals surface area (Å²) < 4.78 is 1.29.